The van der Waals surface area contributed by atoms with Crippen LogP contribution in [0.5, 0.6) is 0 Å². The number of imidazole rings is 1. The van der Waals surface area contributed by atoms with Crippen molar-refractivity contribution in [3.8, 4) is 0 Å². The molecular weight excluding hydrogens is 248 g/mol. The molecule has 106 valence electrons. The summed E-state index contributed by atoms with van der Waals surface area (Å²) in [5.74, 6) is 0. The molecule has 3 heterocycles. The Labute approximate surface area is 120 Å². The molecule has 4 nitrogen and oxygen atoms in total. The van der Waals surface area contributed by atoms with Crippen molar-refractivity contribution < 1.29 is 0 Å². The van der Waals surface area contributed by atoms with Gasteiger partial charge in [-0.15, -0.1) is 0 Å². The molecule has 2 aromatic rings. The van der Waals surface area contributed by atoms with Gasteiger partial charge in [-0.25, -0.2) is 4.98 Å². The second-order valence-electron chi connectivity index (χ2n) is 5.74. The van der Waals surface area contributed by atoms with Gasteiger partial charge in [0.25, 0.3) is 0 Å². The van der Waals surface area contributed by atoms with Crippen LogP contribution in [0.3, 0.4) is 0 Å². The molecule has 0 amide bonds. The Balaban J connectivity index is 1.86. The predicted octanol–water partition coefficient (Wildman–Crippen LogP) is 3.09. The summed E-state index contributed by atoms with van der Waals surface area (Å²) in [4.78, 5) is 8.59. The molecule has 3 unspecified atom stereocenters. The van der Waals surface area contributed by atoms with Crippen LogP contribution >= 0.6 is 0 Å². The molecule has 1 fully saturated rings. The van der Waals surface area contributed by atoms with Crippen molar-refractivity contribution in [2.24, 2.45) is 0 Å². The zero-order valence-corrected chi connectivity index (χ0v) is 12.2. The zero-order chi connectivity index (χ0) is 13.9. The standard InChI is InChI=1S/C16H22N4/c1-12-5-3-7-15(19-12)16-10-18-11-20(16)13(2)14-6-4-8-17-9-14/h4,6,8-13,15,19H,3,5,7H2,1-2H3. The van der Waals surface area contributed by atoms with Gasteiger partial charge in [-0.1, -0.05) is 6.07 Å². The SMILES string of the molecule is CC1CCCC(c2cncn2C(C)c2cccnc2)N1. The molecule has 3 rings (SSSR count). The Kier molecular flexibility index (Phi) is 3.83. The second-order valence-corrected chi connectivity index (χ2v) is 5.74. The lowest BCUT2D eigenvalue weighted by molar-refractivity contribution is 0.327. The lowest BCUT2D eigenvalue weighted by atomic mass is 9.97. The third-order valence-electron chi connectivity index (χ3n) is 4.25. The van der Waals surface area contributed by atoms with Crippen LogP contribution < -0.4 is 5.32 Å². The first-order valence-corrected chi connectivity index (χ1v) is 7.43. The lowest BCUT2D eigenvalue weighted by Crippen LogP contribution is -2.35. The summed E-state index contributed by atoms with van der Waals surface area (Å²) in [5, 5.41) is 3.69. The average Bonchev–Trinajstić information content (AvgIpc) is 2.97. The number of nitrogens with one attached hydrogen (secondary N) is 1. The first-order chi connectivity index (χ1) is 9.75. The topological polar surface area (TPSA) is 42.7 Å². The minimum atomic E-state index is 0.264. The smallest absolute Gasteiger partial charge is 0.0954 e. The van der Waals surface area contributed by atoms with Crippen LogP contribution in [0.15, 0.2) is 37.1 Å². The number of aromatic nitrogens is 3. The van der Waals surface area contributed by atoms with E-state index in [-0.39, 0.29) is 6.04 Å². The molecule has 0 spiro atoms. The van der Waals surface area contributed by atoms with E-state index in [1.807, 2.05) is 31.0 Å². The van der Waals surface area contributed by atoms with Crippen molar-refractivity contribution in [1.82, 2.24) is 19.9 Å². The largest absolute Gasteiger partial charge is 0.326 e. The first-order valence-electron chi connectivity index (χ1n) is 7.43. The van der Waals surface area contributed by atoms with Gasteiger partial charge in [-0.2, -0.15) is 0 Å². The average molecular weight is 270 g/mol. The second kappa shape index (κ2) is 5.75. The Hall–Kier alpha value is -1.68. The van der Waals surface area contributed by atoms with Crippen LogP contribution in [0.1, 0.15) is 56.5 Å². The van der Waals surface area contributed by atoms with Gasteiger partial charge in [0.15, 0.2) is 0 Å². The van der Waals surface area contributed by atoms with Crippen LogP contribution in [0.2, 0.25) is 0 Å². The summed E-state index contributed by atoms with van der Waals surface area (Å²) in [5.41, 5.74) is 2.50. The van der Waals surface area contributed by atoms with Gasteiger partial charge >= 0.3 is 0 Å². The highest BCUT2D eigenvalue weighted by atomic mass is 15.1. The highest BCUT2D eigenvalue weighted by molar-refractivity contribution is 5.18. The van der Waals surface area contributed by atoms with Crippen LogP contribution in [-0.4, -0.2) is 20.6 Å². The Morgan fingerprint density at radius 3 is 2.95 bits per heavy atom. The van der Waals surface area contributed by atoms with Crippen molar-refractivity contribution in [2.75, 3.05) is 0 Å². The van der Waals surface area contributed by atoms with Gasteiger partial charge in [-0.3, -0.25) is 4.98 Å². The summed E-state index contributed by atoms with van der Waals surface area (Å²) >= 11 is 0. The van der Waals surface area contributed by atoms with Crippen molar-refractivity contribution in [2.45, 2.75) is 51.2 Å². The summed E-state index contributed by atoms with van der Waals surface area (Å²) in [7, 11) is 0. The van der Waals surface area contributed by atoms with E-state index in [1.165, 1.54) is 30.5 Å². The fourth-order valence-electron chi connectivity index (χ4n) is 3.06. The van der Waals surface area contributed by atoms with Gasteiger partial charge in [0, 0.05) is 30.7 Å². The number of piperidine rings is 1. The molecule has 20 heavy (non-hydrogen) atoms. The molecule has 2 aromatic heterocycles. The number of hydrogen-bond acceptors (Lipinski definition) is 3. The maximum absolute atomic E-state index is 4.37. The maximum Gasteiger partial charge on any atom is 0.0954 e. The summed E-state index contributed by atoms with van der Waals surface area (Å²) in [6, 6.07) is 5.38. The first kappa shape index (κ1) is 13.3. The molecule has 1 aliphatic rings. The van der Waals surface area contributed by atoms with E-state index >= 15 is 0 Å². The lowest BCUT2D eigenvalue weighted by Gasteiger charge is -2.30. The van der Waals surface area contributed by atoms with E-state index < -0.39 is 0 Å². The number of rotatable bonds is 3. The maximum atomic E-state index is 4.37. The Bertz CT molecular complexity index is 549. The number of hydrogen-bond donors (Lipinski definition) is 1. The predicted molar refractivity (Wildman–Crippen MR) is 79.5 cm³/mol. The van der Waals surface area contributed by atoms with Gasteiger partial charge in [0.05, 0.1) is 18.1 Å². The Morgan fingerprint density at radius 2 is 2.20 bits per heavy atom. The third-order valence-corrected chi connectivity index (χ3v) is 4.25. The Morgan fingerprint density at radius 1 is 1.30 bits per heavy atom. The summed E-state index contributed by atoms with van der Waals surface area (Å²) in [6.45, 7) is 4.46. The summed E-state index contributed by atoms with van der Waals surface area (Å²) < 4.78 is 2.27. The molecule has 1 N–H and O–H groups in total. The molecule has 4 heteroatoms. The fourth-order valence-corrected chi connectivity index (χ4v) is 3.06. The van der Waals surface area contributed by atoms with E-state index in [0.717, 1.165) is 0 Å². The molecule has 3 atom stereocenters. The minimum Gasteiger partial charge on any atom is -0.326 e. The van der Waals surface area contributed by atoms with Gasteiger partial charge in [0.1, 0.15) is 0 Å². The minimum absolute atomic E-state index is 0.264. The van der Waals surface area contributed by atoms with Crippen molar-refractivity contribution in [3.05, 3.63) is 48.3 Å². The van der Waals surface area contributed by atoms with E-state index in [4.69, 9.17) is 0 Å². The van der Waals surface area contributed by atoms with Crippen LogP contribution in [0.25, 0.3) is 0 Å². The highest BCUT2D eigenvalue weighted by Crippen LogP contribution is 2.28. The van der Waals surface area contributed by atoms with Gasteiger partial charge in [0.2, 0.25) is 0 Å². The van der Waals surface area contributed by atoms with Crippen LogP contribution in [-0.2, 0) is 0 Å². The molecule has 1 saturated heterocycles. The quantitative estimate of drug-likeness (QED) is 0.932. The summed E-state index contributed by atoms with van der Waals surface area (Å²) in [6.07, 6.45) is 11.4. The monoisotopic (exact) mass is 270 g/mol. The molecule has 1 aliphatic heterocycles. The molecular formula is C16H22N4. The van der Waals surface area contributed by atoms with E-state index in [9.17, 15) is 0 Å². The molecule has 0 aliphatic carbocycles. The van der Waals surface area contributed by atoms with Gasteiger partial charge < -0.3 is 9.88 Å². The van der Waals surface area contributed by atoms with Gasteiger partial charge in [-0.05, 0) is 44.7 Å². The van der Waals surface area contributed by atoms with Crippen molar-refractivity contribution >= 4 is 0 Å². The third kappa shape index (κ3) is 2.61. The normalized spacial score (nSPS) is 24.5. The molecule has 0 bridgehead atoms. The van der Waals surface area contributed by atoms with Crippen LogP contribution in [0.4, 0.5) is 0 Å². The molecule has 0 radical (unpaired) electrons. The van der Waals surface area contributed by atoms with E-state index in [1.54, 1.807) is 0 Å². The highest BCUT2D eigenvalue weighted by Gasteiger charge is 2.23. The molecule has 0 saturated carbocycles. The van der Waals surface area contributed by atoms with Crippen LogP contribution in [0, 0.1) is 0 Å². The van der Waals surface area contributed by atoms with Crippen molar-refractivity contribution in [3.63, 3.8) is 0 Å². The van der Waals surface area contributed by atoms with Crippen molar-refractivity contribution in [1.29, 1.82) is 0 Å². The molecule has 0 aromatic carbocycles. The van der Waals surface area contributed by atoms with E-state index in [2.05, 4.69) is 39.8 Å². The number of nitrogens with zero attached hydrogens (tertiary/aromatic N) is 3. The zero-order valence-electron chi connectivity index (χ0n) is 12.2. The fraction of sp³-hybridized carbons (Fsp3) is 0.500. The van der Waals surface area contributed by atoms with E-state index in [0.29, 0.717) is 12.1 Å². The number of pyridine rings is 1.